The van der Waals surface area contributed by atoms with Crippen LogP contribution in [0.5, 0.6) is 11.5 Å². The van der Waals surface area contributed by atoms with Crippen LogP contribution < -0.4 is 15.4 Å². The first-order valence-corrected chi connectivity index (χ1v) is 13.1. The van der Waals surface area contributed by atoms with Gasteiger partial charge in [0.25, 0.3) is 5.91 Å². The predicted molar refractivity (Wildman–Crippen MR) is 149 cm³/mol. The van der Waals surface area contributed by atoms with Crippen molar-refractivity contribution in [3.8, 4) is 11.5 Å². The summed E-state index contributed by atoms with van der Waals surface area (Å²) in [5.41, 5.74) is 0.143. The van der Waals surface area contributed by atoms with Gasteiger partial charge in [0, 0.05) is 12.2 Å². The number of phenolic OH excluding ortho intramolecular Hbond substituents is 1. The molecule has 214 valence electrons. The summed E-state index contributed by atoms with van der Waals surface area (Å²) in [5.74, 6) is -0.505. The molecule has 4 N–H and O–H groups in total. The molecule has 2 atom stereocenters. The number of carbonyl (C=O) groups is 3. The number of hydrogen-bond donors (Lipinski definition) is 4. The Balaban J connectivity index is 2.45. The average molecular weight is 544 g/mol. The molecule has 10 heteroatoms. The number of amides is 3. The van der Waals surface area contributed by atoms with Crippen LogP contribution in [0.4, 0.5) is 10.5 Å². The minimum atomic E-state index is -1.33. The second-order valence-corrected chi connectivity index (χ2v) is 10.2. The summed E-state index contributed by atoms with van der Waals surface area (Å²) in [6, 6.07) is 10.3. The maximum Gasteiger partial charge on any atom is 0.408 e. The van der Waals surface area contributed by atoms with Gasteiger partial charge in [-0.3, -0.25) is 9.59 Å². The van der Waals surface area contributed by atoms with Crippen LogP contribution in [-0.4, -0.2) is 64.9 Å². The van der Waals surface area contributed by atoms with Crippen LogP contribution in [-0.2, 0) is 14.3 Å². The van der Waals surface area contributed by atoms with E-state index in [1.165, 1.54) is 17.0 Å². The maximum absolute atomic E-state index is 13.8. The van der Waals surface area contributed by atoms with E-state index in [2.05, 4.69) is 17.6 Å². The highest BCUT2D eigenvalue weighted by atomic mass is 16.6. The molecule has 2 aromatic carbocycles. The standard InChI is InChI=1S/C29H41N3O7/c1-6-7-8-9-18-32(27(36)24(19-33)31-28(37)39-29(2,3)4)25(20-10-14-22(34)15-11-20)26(35)30-21-12-16-23(38-5)17-13-21/h10-17,24-25,33-34H,6-9,18-19H2,1-5H3,(H,30,35)(H,31,37). The number of unbranched alkanes of at least 4 members (excludes halogenated alkanes) is 3. The van der Waals surface area contributed by atoms with E-state index in [-0.39, 0.29) is 12.3 Å². The van der Waals surface area contributed by atoms with Crippen molar-refractivity contribution in [2.24, 2.45) is 0 Å². The number of nitrogens with zero attached hydrogens (tertiary/aromatic N) is 1. The number of alkyl carbamates (subject to hydrolysis) is 1. The van der Waals surface area contributed by atoms with Gasteiger partial charge in [0.1, 0.15) is 29.2 Å². The van der Waals surface area contributed by atoms with E-state index < -0.39 is 42.2 Å². The lowest BCUT2D eigenvalue weighted by molar-refractivity contribution is -0.141. The summed E-state index contributed by atoms with van der Waals surface area (Å²) in [5, 5.41) is 25.2. The highest BCUT2D eigenvalue weighted by Crippen LogP contribution is 2.27. The van der Waals surface area contributed by atoms with Gasteiger partial charge in [-0.1, -0.05) is 38.3 Å². The number of aromatic hydroxyl groups is 1. The van der Waals surface area contributed by atoms with E-state index in [4.69, 9.17) is 9.47 Å². The molecular weight excluding hydrogens is 502 g/mol. The fourth-order valence-corrected chi connectivity index (χ4v) is 3.93. The Hall–Kier alpha value is -3.79. The second-order valence-electron chi connectivity index (χ2n) is 10.2. The number of aliphatic hydroxyl groups is 1. The zero-order valence-corrected chi connectivity index (χ0v) is 23.4. The third kappa shape index (κ3) is 10.1. The first-order valence-electron chi connectivity index (χ1n) is 13.1. The number of methoxy groups -OCH3 is 1. The van der Waals surface area contributed by atoms with Crippen molar-refractivity contribution < 1.29 is 34.1 Å². The van der Waals surface area contributed by atoms with Gasteiger partial charge in [0.05, 0.1) is 13.7 Å². The number of anilines is 1. The van der Waals surface area contributed by atoms with Crippen molar-refractivity contribution in [2.75, 3.05) is 25.6 Å². The van der Waals surface area contributed by atoms with E-state index >= 15 is 0 Å². The zero-order chi connectivity index (χ0) is 29.0. The van der Waals surface area contributed by atoms with Crippen LogP contribution in [0.15, 0.2) is 48.5 Å². The molecule has 0 spiro atoms. The monoisotopic (exact) mass is 543 g/mol. The predicted octanol–water partition coefficient (Wildman–Crippen LogP) is 4.38. The van der Waals surface area contributed by atoms with Crippen LogP contribution in [0.2, 0.25) is 0 Å². The van der Waals surface area contributed by atoms with E-state index in [0.717, 1.165) is 19.3 Å². The Morgan fingerprint density at radius 3 is 2.15 bits per heavy atom. The van der Waals surface area contributed by atoms with Gasteiger partial charge in [-0.15, -0.1) is 0 Å². The largest absolute Gasteiger partial charge is 0.508 e. The van der Waals surface area contributed by atoms with Gasteiger partial charge in [0.15, 0.2) is 0 Å². The molecular formula is C29H41N3O7. The molecule has 2 rings (SSSR count). The maximum atomic E-state index is 13.8. The van der Waals surface area contributed by atoms with E-state index in [1.54, 1.807) is 64.3 Å². The fourth-order valence-electron chi connectivity index (χ4n) is 3.93. The van der Waals surface area contributed by atoms with E-state index in [9.17, 15) is 24.6 Å². The smallest absolute Gasteiger partial charge is 0.408 e. The first-order chi connectivity index (χ1) is 18.5. The number of benzene rings is 2. The molecule has 0 aliphatic rings. The molecule has 0 heterocycles. The fraction of sp³-hybridized carbons (Fsp3) is 0.483. The Morgan fingerprint density at radius 2 is 1.62 bits per heavy atom. The molecule has 0 aromatic heterocycles. The molecule has 0 saturated carbocycles. The van der Waals surface area contributed by atoms with Gasteiger partial charge >= 0.3 is 6.09 Å². The molecule has 2 unspecified atom stereocenters. The number of rotatable bonds is 13. The summed E-state index contributed by atoms with van der Waals surface area (Å²) in [4.78, 5) is 41.3. The normalized spacial score (nSPS) is 12.7. The van der Waals surface area contributed by atoms with Crippen molar-refractivity contribution in [1.29, 1.82) is 0 Å². The van der Waals surface area contributed by atoms with Gasteiger partial charge in [-0.2, -0.15) is 0 Å². The summed E-state index contributed by atoms with van der Waals surface area (Å²) in [6.45, 7) is 6.64. The molecule has 0 aliphatic carbocycles. The second kappa shape index (κ2) is 15.0. The van der Waals surface area contributed by atoms with Crippen molar-refractivity contribution in [1.82, 2.24) is 10.2 Å². The summed E-state index contributed by atoms with van der Waals surface area (Å²) < 4.78 is 10.4. The average Bonchev–Trinajstić information content (AvgIpc) is 2.89. The Kier molecular flexibility index (Phi) is 12.1. The molecule has 39 heavy (non-hydrogen) atoms. The highest BCUT2D eigenvalue weighted by Gasteiger charge is 2.36. The van der Waals surface area contributed by atoms with E-state index in [1.807, 2.05) is 0 Å². The quantitative estimate of drug-likeness (QED) is 0.275. The third-order valence-electron chi connectivity index (χ3n) is 5.83. The van der Waals surface area contributed by atoms with Gasteiger partial charge in [-0.25, -0.2) is 4.79 Å². The molecule has 3 amide bonds. The summed E-state index contributed by atoms with van der Waals surface area (Å²) in [7, 11) is 1.54. The van der Waals surface area contributed by atoms with Crippen molar-refractivity contribution in [3.05, 3.63) is 54.1 Å². The Bertz CT molecular complexity index is 1070. The molecule has 0 radical (unpaired) electrons. The lowest BCUT2D eigenvalue weighted by Crippen LogP contribution is -2.54. The van der Waals surface area contributed by atoms with Crippen molar-refractivity contribution in [2.45, 2.75) is 71.1 Å². The number of hydrogen-bond acceptors (Lipinski definition) is 7. The summed E-state index contributed by atoms with van der Waals surface area (Å²) >= 11 is 0. The minimum absolute atomic E-state index is 0.00807. The van der Waals surface area contributed by atoms with Crippen LogP contribution in [0.25, 0.3) is 0 Å². The summed E-state index contributed by atoms with van der Waals surface area (Å²) in [6.07, 6.45) is 2.50. The zero-order valence-electron chi connectivity index (χ0n) is 23.4. The SMILES string of the molecule is CCCCCCN(C(=O)C(CO)NC(=O)OC(C)(C)C)C(C(=O)Nc1ccc(OC)cc1)c1ccc(O)cc1. The molecule has 2 aromatic rings. The molecule has 10 nitrogen and oxygen atoms in total. The first kappa shape index (κ1) is 31.4. The molecule has 0 saturated heterocycles. The van der Waals surface area contributed by atoms with Crippen LogP contribution in [0.1, 0.15) is 65.0 Å². The number of ether oxygens (including phenoxy) is 2. The van der Waals surface area contributed by atoms with Crippen LogP contribution >= 0.6 is 0 Å². The van der Waals surface area contributed by atoms with Crippen molar-refractivity contribution >= 4 is 23.6 Å². The third-order valence-corrected chi connectivity index (χ3v) is 5.83. The molecule has 0 aliphatic heterocycles. The highest BCUT2D eigenvalue weighted by molar-refractivity contribution is 5.99. The molecule has 0 bridgehead atoms. The molecule has 0 fully saturated rings. The Morgan fingerprint density at radius 1 is 0.974 bits per heavy atom. The van der Waals surface area contributed by atoms with Gasteiger partial charge in [-0.05, 0) is 69.2 Å². The number of phenols is 1. The van der Waals surface area contributed by atoms with E-state index in [0.29, 0.717) is 23.4 Å². The lowest BCUT2D eigenvalue weighted by Gasteiger charge is -2.34. The number of nitrogens with one attached hydrogen (secondary N) is 2. The van der Waals surface area contributed by atoms with Crippen LogP contribution in [0.3, 0.4) is 0 Å². The number of carbonyl (C=O) groups excluding carboxylic acids is 3. The van der Waals surface area contributed by atoms with Gasteiger partial charge < -0.3 is 35.2 Å². The van der Waals surface area contributed by atoms with Crippen molar-refractivity contribution in [3.63, 3.8) is 0 Å². The van der Waals surface area contributed by atoms with Crippen LogP contribution in [0, 0.1) is 0 Å². The number of aliphatic hydroxyl groups excluding tert-OH is 1. The topological polar surface area (TPSA) is 137 Å². The lowest BCUT2D eigenvalue weighted by atomic mass is 10.0. The van der Waals surface area contributed by atoms with Gasteiger partial charge in [0.2, 0.25) is 5.91 Å². The minimum Gasteiger partial charge on any atom is -0.508 e. The Labute approximate surface area is 230 Å².